The van der Waals surface area contributed by atoms with E-state index >= 15 is 0 Å². The van der Waals surface area contributed by atoms with Crippen molar-refractivity contribution in [2.45, 2.75) is 18.1 Å². The highest BCUT2D eigenvalue weighted by molar-refractivity contribution is 7.79. The van der Waals surface area contributed by atoms with Gasteiger partial charge in [-0.25, -0.2) is 4.21 Å². The third-order valence-electron chi connectivity index (χ3n) is 1.91. The molecule has 1 aliphatic rings. The molecule has 1 fully saturated rings. The van der Waals surface area contributed by atoms with Crippen molar-refractivity contribution < 1.29 is 13.6 Å². The fourth-order valence-corrected chi connectivity index (χ4v) is 1.80. The van der Waals surface area contributed by atoms with Crippen LogP contribution in [0.25, 0.3) is 0 Å². The van der Waals surface area contributed by atoms with E-state index in [-0.39, 0.29) is 5.25 Å². The fraction of sp³-hybridized carbons (Fsp3) is 0.833. The zero-order valence-corrected chi connectivity index (χ0v) is 6.92. The SMILES string of the molecule is O=CN1CCC(S(=O)O)CC1. The standard InChI is InChI=1S/C6H11NO3S/c8-5-7-3-1-6(2-4-7)11(9)10/h5-6H,1-4H2,(H,9,10). The Kier molecular flexibility index (Phi) is 3.02. The van der Waals surface area contributed by atoms with Crippen molar-refractivity contribution in [3.8, 4) is 0 Å². The van der Waals surface area contributed by atoms with Gasteiger partial charge in [0.2, 0.25) is 6.41 Å². The topological polar surface area (TPSA) is 57.6 Å². The Labute approximate surface area is 67.9 Å². The summed E-state index contributed by atoms with van der Waals surface area (Å²) in [6, 6.07) is 0. The Morgan fingerprint density at radius 2 is 2.00 bits per heavy atom. The molecule has 1 amide bonds. The molecule has 64 valence electrons. The molecule has 1 heterocycles. The smallest absolute Gasteiger partial charge is 0.209 e. The molecule has 1 rings (SSSR count). The minimum Gasteiger partial charge on any atom is -0.345 e. The summed E-state index contributed by atoms with van der Waals surface area (Å²) in [6.45, 7) is 1.22. The third kappa shape index (κ3) is 2.27. The summed E-state index contributed by atoms with van der Waals surface area (Å²) in [7, 11) is 0. The second-order valence-corrected chi connectivity index (χ2v) is 3.84. The van der Waals surface area contributed by atoms with E-state index in [0.717, 1.165) is 6.41 Å². The quantitative estimate of drug-likeness (QED) is 0.470. The number of amides is 1. The highest BCUT2D eigenvalue weighted by Crippen LogP contribution is 2.12. The van der Waals surface area contributed by atoms with Gasteiger partial charge in [0.05, 0.1) is 5.25 Å². The van der Waals surface area contributed by atoms with Crippen LogP contribution in [0.1, 0.15) is 12.8 Å². The summed E-state index contributed by atoms with van der Waals surface area (Å²) in [5.41, 5.74) is 0. The highest BCUT2D eigenvalue weighted by atomic mass is 32.2. The lowest BCUT2D eigenvalue weighted by molar-refractivity contribution is -0.118. The van der Waals surface area contributed by atoms with Crippen LogP contribution in [0.4, 0.5) is 0 Å². The first-order valence-corrected chi connectivity index (χ1v) is 4.70. The van der Waals surface area contributed by atoms with Crippen LogP contribution in [0.5, 0.6) is 0 Å². The van der Waals surface area contributed by atoms with Crippen molar-refractivity contribution in [3.63, 3.8) is 0 Å². The van der Waals surface area contributed by atoms with Crippen LogP contribution in [0.15, 0.2) is 0 Å². The van der Waals surface area contributed by atoms with Gasteiger partial charge in [0, 0.05) is 13.1 Å². The van der Waals surface area contributed by atoms with Crippen LogP contribution in [0, 0.1) is 0 Å². The number of hydrogen-bond acceptors (Lipinski definition) is 2. The van der Waals surface area contributed by atoms with Gasteiger partial charge in [-0.1, -0.05) is 0 Å². The molecule has 1 aliphatic heterocycles. The average Bonchev–Trinajstić information content (AvgIpc) is 2.05. The first-order chi connectivity index (χ1) is 5.24. The van der Waals surface area contributed by atoms with Crippen molar-refractivity contribution in [2.75, 3.05) is 13.1 Å². The van der Waals surface area contributed by atoms with E-state index in [1.165, 1.54) is 0 Å². The third-order valence-corrected chi connectivity index (χ3v) is 2.95. The van der Waals surface area contributed by atoms with Crippen LogP contribution in [0.2, 0.25) is 0 Å². The second-order valence-electron chi connectivity index (χ2n) is 2.62. The first-order valence-electron chi connectivity index (χ1n) is 3.53. The van der Waals surface area contributed by atoms with Gasteiger partial charge >= 0.3 is 0 Å². The molecule has 0 aromatic rings. The van der Waals surface area contributed by atoms with E-state index in [1.807, 2.05) is 0 Å². The van der Waals surface area contributed by atoms with Crippen LogP contribution >= 0.6 is 0 Å². The van der Waals surface area contributed by atoms with Gasteiger partial charge < -0.3 is 9.45 Å². The molecule has 1 N–H and O–H groups in total. The predicted octanol–water partition coefficient (Wildman–Crippen LogP) is -0.171. The Morgan fingerprint density at radius 3 is 2.36 bits per heavy atom. The van der Waals surface area contributed by atoms with Gasteiger partial charge in [-0.3, -0.25) is 4.79 Å². The molecule has 1 atom stereocenters. The minimum atomic E-state index is -1.71. The number of nitrogens with zero attached hydrogens (tertiary/aromatic N) is 1. The maximum Gasteiger partial charge on any atom is 0.209 e. The van der Waals surface area contributed by atoms with Crippen molar-refractivity contribution in [1.82, 2.24) is 4.90 Å². The summed E-state index contributed by atoms with van der Waals surface area (Å²) < 4.78 is 19.3. The van der Waals surface area contributed by atoms with E-state index in [0.29, 0.717) is 25.9 Å². The largest absolute Gasteiger partial charge is 0.345 e. The summed E-state index contributed by atoms with van der Waals surface area (Å²) in [6.07, 6.45) is 2.07. The van der Waals surface area contributed by atoms with Crippen molar-refractivity contribution >= 4 is 17.5 Å². The number of carbonyl (C=O) groups is 1. The summed E-state index contributed by atoms with van der Waals surface area (Å²) >= 11 is -1.71. The molecule has 0 aromatic heterocycles. The van der Waals surface area contributed by atoms with Crippen LogP contribution in [-0.4, -0.2) is 38.4 Å². The minimum absolute atomic E-state index is 0.133. The Hall–Kier alpha value is -0.420. The molecule has 0 radical (unpaired) electrons. The molecule has 0 aliphatic carbocycles. The van der Waals surface area contributed by atoms with Crippen molar-refractivity contribution in [1.29, 1.82) is 0 Å². The van der Waals surface area contributed by atoms with Gasteiger partial charge in [0.15, 0.2) is 11.1 Å². The van der Waals surface area contributed by atoms with Gasteiger partial charge in [0.1, 0.15) is 0 Å². The lowest BCUT2D eigenvalue weighted by Crippen LogP contribution is -2.36. The molecule has 11 heavy (non-hydrogen) atoms. The van der Waals surface area contributed by atoms with E-state index in [9.17, 15) is 9.00 Å². The van der Waals surface area contributed by atoms with Gasteiger partial charge in [-0.05, 0) is 12.8 Å². The summed E-state index contributed by atoms with van der Waals surface area (Å²) in [5.74, 6) is 0. The second kappa shape index (κ2) is 3.82. The first kappa shape index (κ1) is 8.67. The summed E-state index contributed by atoms with van der Waals surface area (Å²) in [4.78, 5) is 11.9. The molecular weight excluding hydrogens is 166 g/mol. The summed E-state index contributed by atoms with van der Waals surface area (Å²) in [5, 5.41) is -0.133. The van der Waals surface area contributed by atoms with Gasteiger partial charge in [-0.15, -0.1) is 0 Å². The van der Waals surface area contributed by atoms with Crippen LogP contribution in [0.3, 0.4) is 0 Å². The maximum absolute atomic E-state index is 10.6. The van der Waals surface area contributed by atoms with Gasteiger partial charge in [0.25, 0.3) is 0 Å². The number of carbonyl (C=O) groups excluding carboxylic acids is 1. The predicted molar refractivity (Wildman–Crippen MR) is 41.4 cm³/mol. The van der Waals surface area contributed by atoms with Gasteiger partial charge in [-0.2, -0.15) is 0 Å². The monoisotopic (exact) mass is 177 g/mol. The Morgan fingerprint density at radius 1 is 1.45 bits per heavy atom. The average molecular weight is 177 g/mol. The number of piperidine rings is 1. The van der Waals surface area contributed by atoms with E-state index in [4.69, 9.17) is 4.55 Å². The fourth-order valence-electron chi connectivity index (χ4n) is 1.18. The van der Waals surface area contributed by atoms with Crippen molar-refractivity contribution in [3.05, 3.63) is 0 Å². The Balaban J connectivity index is 2.35. The molecule has 0 bridgehead atoms. The molecule has 0 saturated carbocycles. The molecule has 4 nitrogen and oxygen atoms in total. The van der Waals surface area contributed by atoms with E-state index < -0.39 is 11.1 Å². The molecule has 5 heteroatoms. The van der Waals surface area contributed by atoms with Crippen LogP contribution in [-0.2, 0) is 15.9 Å². The zero-order valence-electron chi connectivity index (χ0n) is 6.10. The lowest BCUT2D eigenvalue weighted by atomic mass is 10.1. The molecular formula is C6H11NO3S. The lowest BCUT2D eigenvalue weighted by Gasteiger charge is -2.26. The molecule has 0 spiro atoms. The van der Waals surface area contributed by atoms with Crippen molar-refractivity contribution in [2.24, 2.45) is 0 Å². The number of likely N-dealkylation sites (tertiary alicyclic amines) is 1. The molecule has 1 unspecified atom stereocenters. The van der Waals surface area contributed by atoms with E-state index in [2.05, 4.69) is 0 Å². The molecule has 0 aromatic carbocycles. The number of rotatable bonds is 2. The highest BCUT2D eigenvalue weighted by Gasteiger charge is 2.21. The zero-order chi connectivity index (χ0) is 8.27. The Bertz CT molecular complexity index is 165. The van der Waals surface area contributed by atoms with E-state index in [1.54, 1.807) is 4.90 Å². The van der Waals surface area contributed by atoms with Crippen LogP contribution < -0.4 is 0 Å². The normalized spacial score (nSPS) is 23.2. The molecule has 1 saturated heterocycles. The maximum atomic E-state index is 10.6. The number of hydrogen-bond donors (Lipinski definition) is 1.